The summed E-state index contributed by atoms with van der Waals surface area (Å²) in [5, 5.41) is 1.29. The van der Waals surface area contributed by atoms with E-state index in [0.29, 0.717) is 5.92 Å². The van der Waals surface area contributed by atoms with Crippen molar-refractivity contribution < 1.29 is 0 Å². The van der Waals surface area contributed by atoms with Gasteiger partial charge in [-0.25, -0.2) is 0 Å². The lowest BCUT2D eigenvalue weighted by Gasteiger charge is -2.09. The zero-order valence-electron chi connectivity index (χ0n) is 11.7. The van der Waals surface area contributed by atoms with Crippen LogP contribution in [0, 0.1) is 6.92 Å². The number of aromatic nitrogens is 1. The molecule has 3 rings (SSSR count). The number of hydrogen-bond acceptors (Lipinski definition) is 0. The van der Waals surface area contributed by atoms with Crippen molar-refractivity contribution in [3.8, 4) is 5.69 Å². The molecule has 3 aromatic rings. The molecule has 2 aromatic carbocycles. The molecule has 0 spiro atoms. The number of hydrogen-bond donors (Lipinski definition) is 0. The lowest BCUT2D eigenvalue weighted by molar-refractivity contribution is 0.865. The predicted octanol–water partition coefficient (Wildman–Crippen LogP) is 5.06. The smallest absolute Gasteiger partial charge is 0.0531 e. The third-order valence-corrected chi connectivity index (χ3v) is 3.69. The van der Waals surface area contributed by atoms with E-state index in [4.69, 9.17) is 0 Å². The van der Waals surface area contributed by atoms with Crippen LogP contribution in [0.4, 0.5) is 0 Å². The van der Waals surface area contributed by atoms with E-state index in [1.165, 1.54) is 27.7 Å². The minimum atomic E-state index is 0.581. The van der Waals surface area contributed by atoms with Gasteiger partial charge in [0.15, 0.2) is 0 Å². The van der Waals surface area contributed by atoms with Crippen molar-refractivity contribution >= 4 is 10.9 Å². The van der Waals surface area contributed by atoms with Gasteiger partial charge in [-0.15, -0.1) is 0 Å². The van der Waals surface area contributed by atoms with Gasteiger partial charge in [0.2, 0.25) is 0 Å². The second kappa shape index (κ2) is 4.58. The predicted molar refractivity (Wildman–Crippen MR) is 82.1 cm³/mol. The number of benzene rings is 2. The molecule has 1 aromatic heterocycles. The molecule has 0 amide bonds. The summed E-state index contributed by atoms with van der Waals surface area (Å²) in [4.78, 5) is 0. The second-order valence-electron chi connectivity index (χ2n) is 5.49. The van der Waals surface area contributed by atoms with Crippen LogP contribution in [0.5, 0.6) is 0 Å². The van der Waals surface area contributed by atoms with Crippen molar-refractivity contribution in [1.82, 2.24) is 4.57 Å². The quantitative estimate of drug-likeness (QED) is 0.598. The van der Waals surface area contributed by atoms with Crippen LogP contribution >= 0.6 is 0 Å². The van der Waals surface area contributed by atoms with Crippen molar-refractivity contribution in [3.63, 3.8) is 0 Å². The molecular weight excluding hydrogens is 230 g/mol. The fraction of sp³-hybridized carbons (Fsp3) is 0.222. The van der Waals surface area contributed by atoms with Crippen molar-refractivity contribution in [2.75, 3.05) is 0 Å². The number of fused-ring (bicyclic) bond motifs is 1. The van der Waals surface area contributed by atoms with Gasteiger partial charge >= 0.3 is 0 Å². The second-order valence-corrected chi connectivity index (χ2v) is 5.49. The van der Waals surface area contributed by atoms with Crippen molar-refractivity contribution in [2.24, 2.45) is 0 Å². The van der Waals surface area contributed by atoms with E-state index in [2.05, 4.69) is 80.1 Å². The van der Waals surface area contributed by atoms with Crippen molar-refractivity contribution in [1.29, 1.82) is 0 Å². The number of aryl methyl sites for hydroxylation is 1. The largest absolute Gasteiger partial charge is 0.317 e. The van der Waals surface area contributed by atoms with Crippen molar-refractivity contribution in [2.45, 2.75) is 26.7 Å². The molecule has 0 aliphatic rings. The fourth-order valence-electron chi connectivity index (χ4n) is 2.48. The van der Waals surface area contributed by atoms with E-state index in [1.807, 2.05) is 0 Å². The SMILES string of the molecule is Cc1ccc2ccn(-c3ccc(C(C)C)cc3)c2c1. The highest BCUT2D eigenvalue weighted by molar-refractivity contribution is 5.82. The van der Waals surface area contributed by atoms with Crippen LogP contribution < -0.4 is 0 Å². The maximum absolute atomic E-state index is 2.26. The summed E-state index contributed by atoms with van der Waals surface area (Å²) in [5.41, 5.74) is 5.19. The Labute approximate surface area is 114 Å². The minimum Gasteiger partial charge on any atom is -0.317 e. The zero-order chi connectivity index (χ0) is 13.4. The summed E-state index contributed by atoms with van der Waals surface area (Å²) in [6.45, 7) is 6.59. The summed E-state index contributed by atoms with van der Waals surface area (Å²) in [5.74, 6) is 0.581. The van der Waals surface area contributed by atoms with Gasteiger partial charge in [0, 0.05) is 11.9 Å². The Morgan fingerprint density at radius 1 is 0.895 bits per heavy atom. The lowest BCUT2D eigenvalue weighted by Crippen LogP contribution is -1.93. The average Bonchev–Trinajstić information content (AvgIpc) is 2.81. The fourth-order valence-corrected chi connectivity index (χ4v) is 2.48. The van der Waals surface area contributed by atoms with Crippen LogP contribution in [0.2, 0.25) is 0 Å². The van der Waals surface area contributed by atoms with Crippen LogP contribution in [0.1, 0.15) is 30.9 Å². The molecule has 1 nitrogen and oxygen atoms in total. The van der Waals surface area contributed by atoms with Gasteiger partial charge in [0.1, 0.15) is 0 Å². The molecule has 1 heteroatoms. The Morgan fingerprint density at radius 3 is 2.32 bits per heavy atom. The van der Waals surface area contributed by atoms with E-state index in [0.717, 1.165) is 0 Å². The Bertz CT molecular complexity index is 702. The molecule has 96 valence electrons. The van der Waals surface area contributed by atoms with Gasteiger partial charge in [-0.2, -0.15) is 0 Å². The Balaban J connectivity index is 2.11. The molecule has 0 fully saturated rings. The minimum absolute atomic E-state index is 0.581. The molecule has 1 heterocycles. The van der Waals surface area contributed by atoms with Crippen molar-refractivity contribution in [3.05, 3.63) is 65.9 Å². The first-order valence-electron chi connectivity index (χ1n) is 6.83. The third-order valence-electron chi connectivity index (χ3n) is 3.69. The first-order chi connectivity index (χ1) is 9.15. The average molecular weight is 249 g/mol. The van der Waals surface area contributed by atoms with Gasteiger partial charge < -0.3 is 4.57 Å². The highest BCUT2D eigenvalue weighted by Gasteiger charge is 2.04. The molecule has 0 unspecified atom stereocenters. The molecule has 0 bridgehead atoms. The van der Waals surface area contributed by atoms with E-state index in [9.17, 15) is 0 Å². The van der Waals surface area contributed by atoms with Gasteiger partial charge in [0.05, 0.1) is 5.52 Å². The number of nitrogens with zero attached hydrogens (tertiary/aromatic N) is 1. The Hall–Kier alpha value is -2.02. The summed E-state index contributed by atoms with van der Waals surface area (Å²) in [7, 11) is 0. The molecule has 19 heavy (non-hydrogen) atoms. The highest BCUT2D eigenvalue weighted by atomic mass is 15.0. The third kappa shape index (κ3) is 2.17. The summed E-state index contributed by atoms with van der Waals surface area (Å²) in [6.07, 6.45) is 2.15. The normalized spacial score (nSPS) is 11.4. The molecule has 0 radical (unpaired) electrons. The molecule has 0 aliphatic carbocycles. The molecule has 0 atom stereocenters. The van der Waals surface area contributed by atoms with Gasteiger partial charge in [-0.05, 0) is 53.6 Å². The summed E-state index contributed by atoms with van der Waals surface area (Å²) >= 11 is 0. The Kier molecular flexibility index (Phi) is 2.90. The molecule has 0 aliphatic heterocycles. The maximum Gasteiger partial charge on any atom is 0.0531 e. The number of rotatable bonds is 2. The van der Waals surface area contributed by atoms with Gasteiger partial charge in [-0.1, -0.05) is 38.1 Å². The van der Waals surface area contributed by atoms with Crippen LogP contribution in [0.3, 0.4) is 0 Å². The van der Waals surface area contributed by atoms with Gasteiger partial charge in [0.25, 0.3) is 0 Å². The van der Waals surface area contributed by atoms with Gasteiger partial charge in [-0.3, -0.25) is 0 Å². The van der Waals surface area contributed by atoms with E-state index in [-0.39, 0.29) is 0 Å². The molecule has 0 saturated carbocycles. The maximum atomic E-state index is 2.26. The Morgan fingerprint density at radius 2 is 1.63 bits per heavy atom. The van der Waals surface area contributed by atoms with Crippen LogP contribution in [-0.4, -0.2) is 4.57 Å². The molecule has 0 saturated heterocycles. The summed E-state index contributed by atoms with van der Waals surface area (Å²) in [6, 6.07) is 17.6. The molecule has 0 N–H and O–H groups in total. The highest BCUT2D eigenvalue weighted by Crippen LogP contribution is 2.23. The zero-order valence-corrected chi connectivity index (χ0v) is 11.7. The monoisotopic (exact) mass is 249 g/mol. The van der Waals surface area contributed by atoms with Crippen LogP contribution in [0.25, 0.3) is 16.6 Å². The summed E-state index contributed by atoms with van der Waals surface area (Å²) < 4.78 is 2.26. The first kappa shape index (κ1) is 12.0. The standard InChI is InChI=1S/C18H19N/c1-13(2)15-6-8-17(9-7-15)19-11-10-16-5-4-14(3)12-18(16)19/h4-13H,1-3H3. The van der Waals surface area contributed by atoms with E-state index >= 15 is 0 Å². The van der Waals surface area contributed by atoms with E-state index in [1.54, 1.807) is 0 Å². The lowest BCUT2D eigenvalue weighted by atomic mass is 10.0. The first-order valence-corrected chi connectivity index (χ1v) is 6.83. The van der Waals surface area contributed by atoms with E-state index < -0.39 is 0 Å². The molecular formula is C18H19N. The van der Waals surface area contributed by atoms with Crippen LogP contribution in [0.15, 0.2) is 54.7 Å². The van der Waals surface area contributed by atoms with Crippen LogP contribution in [-0.2, 0) is 0 Å². The topological polar surface area (TPSA) is 4.93 Å².